The van der Waals surface area contributed by atoms with Crippen LogP contribution in [0, 0.1) is 0 Å². The molecule has 0 aromatic heterocycles. The van der Waals surface area contributed by atoms with Gasteiger partial charge in [-0.3, -0.25) is 19.8 Å². The van der Waals surface area contributed by atoms with Gasteiger partial charge in [0.2, 0.25) is 0 Å². The first-order valence-corrected chi connectivity index (χ1v) is 11.7. The van der Waals surface area contributed by atoms with Crippen LogP contribution in [0.4, 0.5) is 0 Å². The first-order valence-electron chi connectivity index (χ1n) is 11.7. The molecule has 166 valence electrons. The molecule has 0 saturated heterocycles. The molecule has 0 amide bonds. The summed E-state index contributed by atoms with van der Waals surface area (Å²) < 4.78 is 2.42. The fraction of sp³-hybridized carbons (Fsp3) is 0.909. The van der Waals surface area contributed by atoms with E-state index >= 15 is 0 Å². The Morgan fingerprint density at radius 2 is 1.14 bits per heavy atom. The van der Waals surface area contributed by atoms with Gasteiger partial charge in [0.05, 0.1) is 32.7 Å². The summed E-state index contributed by atoms with van der Waals surface area (Å²) in [5.41, 5.74) is 0. The Kier molecular flexibility index (Phi) is 15.6. The Hall–Kier alpha value is -1.46. The number of nitrogens with zero attached hydrogens (tertiary/aromatic N) is 5. The van der Waals surface area contributed by atoms with Crippen LogP contribution in [0.1, 0.15) is 68.2 Å². The summed E-state index contributed by atoms with van der Waals surface area (Å²) >= 11 is 0. The van der Waals surface area contributed by atoms with Gasteiger partial charge in [0.1, 0.15) is 0 Å². The van der Waals surface area contributed by atoms with Crippen LogP contribution in [-0.2, 0) is 0 Å². The van der Waals surface area contributed by atoms with Crippen molar-refractivity contribution in [1.29, 1.82) is 0 Å². The molecule has 0 aromatic rings. The highest BCUT2D eigenvalue weighted by molar-refractivity contribution is 5.80. The molecule has 0 aliphatic heterocycles. The lowest BCUT2D eigenvalue weighted by atomic mass is 10.3. The molecular formula is C22H49N6+. The highest BCUT2D eigenvalue weighted by Gasteiger charge is 2.18. The number of rotatable bonds is 13. The van der Waals surface area contributed by atoms with Gasteiger partial charge in [0.25, 0.3) is 0 Å². The molecule has 0 radical (unpaired) electrons. The van der Waals surface area contributed by atoms with E-state index in [1.54, 1.807) is 0 Å². The molecule has 0 heterocycles. The van der Waals surface area contributed by atoms with Crippen LogP contribution >= 0.6 is 0 Å². The minimum Gasteiger partial charge on any atom is -0.343 e. The van der Waals surface area contributed by atoms with Crippen molar-refractivity contribution in [3.8, 4) is 0 Å². The van der Waals surface area contributed by atoms with E-state index in [-0.39, 0.29) is 0 Å². The molecule has 0 saturated carbocycles. The van der Waals surface area contributed by atoms with Gasteiger partial charge in [0, 0.05) is 32.7 Å². The van der Waals surface area contributed by atoms with E-state index < -0.39 is 0 Å². The van der Waals surface area contributed by atoms with E-state index in [1.807, 2.05) is 0 Å². The van der Waals surface area contributed by atoms with Crippen molar-refractivity contribution in [2.75, 3.05) is 65.4 Å². The highest BCUT2D eigenvalue weighted by atomic mass is 15.4. The second-order valence-electron chi connectivity index (χ2n) is 6.83. The van der Waals surface area contributed by atoms with E-state index in [0.717, 1.165) is 78.3 Å². The van der Waals surface area contributed by atoms with Gasteiger partial charge in [-0.25, -0.2) is 0 Å². The summed E-state index contributed by atoms with van der Waals surface area (Å²) in [7, 11) is 0. The minimum absolute atomic E-state index is 0.899. The van der Waals surface area contributed by atoms with E-state index in [2.05, 4.69) is 80.0 Å². The molecule has 6 nitrogen and oxygen atoms in total. The third-order valence-corrected chi connectivity index (χ3v) is 5.34. The molecule has 0 bridgehead atoms. The molecule has 0 aliphatic carbocycles. The van der Waals surface area contributed by atoms with Gasteiger partial charge in [-0.15, -0.1) is 0 Å². The predicted molar refractivity (Wildman–Crippen MR) is 125 cm³/mol. The second kappa shape index (κ2) is 16.5. The normalized spacial score (nSPS) is 10.4. The van der Waals surface area contributed by atoms with Crippen LogP contribution in [0.5, 0.6) is 0 Å². The second-order valence-corrected chi connectivity index (χ2v) is 6.83. The molecule has 6 heteroatoms. The van der Waals surface area contributed by atoms with E-state index in [9.17, 15) is 0 Å². The fourth-order valence-corrected chi connectivity index (χ4v) is 3.50. The number of nitrogens with one attached hydrogen (secondary N) is 1. The summed E-state index contributed by atoms with van der Waals surface area (Å²) in [6.45, 7) is 27.9. The van der Waals surface area contributed by atoms with Crippen molar-refractivity contribution in [2.24, 2.45) is 4.99 Å². The van der Waals surface area contributed by atoms with Gasteiger partial charge in [-0.05, 0) is 68.2 Å². The predicted octanol–water partition coefficient (Wildman–Crippen LogP) is 3.15. The number of unbranched alkanes of at least 4 members (excludes halogenated alkanes) is 1. The van der Waals surface area contributed by atoms with Crippen LogP contribution in [-0.4, -0.2) is 96.6 Å². The molecule has 0 aromatic carbocycles. The quantitative estimate of drug-likeness (QED) is 0.224. The Balaban J connectivity index is 4.80. The average molecular weight is 398 g/mol. The number of guanidine groups is 2. The number of hydrogen-bond donors (Lipinski definition) is 1. The lowest BCUT2D eigenvalue weighted by Crippen LogP contribution is -2.48. The first-order chi connectivity index (χ1) is 13.6. The monoisotopic (exact) mass is 397 g/mol. The largest absolute Gasteiger partial charge is 0.348 e. The van der Waals surface area contributed by atoms with Crippen LogP contribution < -0.4 is 5.32 Å². The fourth-order valence-electron chi connectivity index (χ4n) is 3.50. The van der Waals surface area contributed by atoms with E-state index in [4.69, 9.17) is 4.99 Å². The average Bonchev–Trinajstić information content (AvgIpc) is 2.72. The standard InChI is InChI=1S/C22H48N6/c1-9-25(10-2)21(26(11-3)12-4)23-19-17-18-20-24-22(27(13-5)14-6)28(15-7)16-8/h9-20H2,1-8H3/p+1. The summed E-state index contributed by atoms with van der Waals surface area (Å²) in [5, 5.41) is 3.70. The SMILES string of the molecule is CCN(CC)C(=NCCCCNC(N(CC)CC)=[N+](CC)CC)N(CC)CC. The van der Waals surface area contributed by atoms with Crippen molar-refractivity contribution in [3.63, 3.8) is 0 Å². The number of aliphatic imine (C=N–C) groups is 1. The Bertz CT molecular complexity index is 414. The molecule has 1 N–H and O–H groups in total. The van der Waals surface area contributed by atoms with Crippen molar-refractivity contribution < 1.29 is 4.58 Å². The summed E-state index contributed by atoms with van der Waals surface area (Å²) in [5.74, 6) is 2.45. The van der Waals surface area contributed by atoms with Crippen molar-refractivity contribution in [3.05, 3.63) is 0 Å². The molecule has 0 aliphatic rings. The summed E-state index contributed by atoms with van der Waals surface area (Å²) in [6, 6.07) is 0. The van der Waals surface area contributed by atoms with Crippen LogP contribution in [0.25, 0.3) is 0 Å². The zero-order chi connectivity index (χ0) is 21.4. The topological polar surface area (TPSA) is 37.1 Å². The van der Waals surface area contributed by atoms with Crippen molar-refractivity contribution in [1.82, 2.24) is 20.0 Å². The Labute approximate surface area is 175 Å². The lowest BCUT2D eigenvalue weighted by Gasteiger charge is -2.32. The van der Waals surface area contributed by atoms with E-state index in [1.165, 1.54) is 11.9 Å². The molecule has 0 fully saturated rings. The maximum absolute atomic E-state index is 4.97. The summed E-state index contributed by atoms with van der Waals surface area (Å²) in [6.07, 6.45) is 2.25. The molecule has 28 heavy (non-hydrogen) atoms. The number of hydrogen-bond acceptors (Lipinski definition) is 1. The Morgan fingerprint density at radius 3 is 1.54 bits per heavy atom. The van der Waals surface area contributed by atoms with Crippen LogP contribution in [0.15, 0.2) is 4.99 Å². The zero-order valence-electron chi connectivity index (χ0n) is 20.2. The third-order valence-electron chi connectivity index (χ3n) is 5.34. The van der Waals surface area contributed by atoms with E-state index in [0.29, 0.717) is 0 Å². The Morgan fingerprint density at radius 1 is 0.679 bits per heavy atom. The molecule has 0 atom stereocenters. The van der Waals surface area contributed by atoms with Gasteiger partial charge < -0.3 is 9.80 Å². The minimum atomic E-state index is 0.899. The zero-order valence-corrected chi connectivity index (χ0v) is 20.2. The first kappa shape index (κ1) is 26.5. The summed E-state index contributed by atoms with van der Waals surface area (Å²) in [4.78, 5) is 12.1. The van der Waals surface area contributed by atoms with Gasteiger partial charge in [-0.2, -0.15) is 0 Å². The molecule has 0 unspecified atom stereocenters. The van der Waals surface area contributed by atoms with Gasteiger partial charge in [0.15, 0.2) is 5.96 Å². The molecular weight excluding hydrogens is 348 g/mol. The van der Waals surface area contributed by atoms with Gasteiger partial charge in [-0.1, -0.05) is 0 Å². The van der Waals surface area contributed by atoms with Gasteiger partial charge >= 0.3 is 5.96 Å². The maximum Gasteiger partial charge on any atom is 0.348 e. The smallest absolute Gasteiger partial charge is 0.343 e. The highest BCUT2D eigenvalue weighted by Crippen LogP contribution is 2.02. The maximum atomic E-state index is 4.97. The van der Waals surface area contributed by atoms with Crippen LogP contribution in [0.3, 0.4) is 0 Å². The lowest BCUT2D eigenvalue weighted by molar-refractivity contribution is -0.527. The van der Waals surface area contributed by atoms with Crippen LogP contribution in [0.2, 0.25) is 0 Å². The van der Waals surface area contributed by atoms with Crippen molar-refractivity contribution in [2.45, 2.75) is 68.2 Å². The third kappa shape index (κ3) is 8.70. The molecule has 0 rings (SSSR count). The van der Waals surface area contributed by atoms with Crippen molar-refractivity contribution >= 4 is 11.9 Å². The molecule has 0 spiro atoms.